The molecule has 2 aromatic rings. The number of amides is 1. The second kappa shape index (κ2) is 7.33. The second-order valence-electron chi connectivity index (χ2n) is 6.56. The fourth-order valence-electron chi connectivity index (χ4n) is 3.17. The zero-order valence-corrected chi connectivity index (χ0v) is 14.7. The van der Waals surface area contributed by atoms with Crippen LogP contribution in [0.3, 0.4) is 0 Å². The van der Waals surface area contributed by atoms with E-state index in [-0.39, 0.29) is 23.9 Å². The van der Waals surface area contributed by atoms with Crippen molar-refractivity contribution in [1.29, 1.82) is 0 Å². The van der Waals surface area contributed by atoms with Crippen LogP contribution in [-0.4, -0.2) is 52.4 Å². The molecule has 1 aliphatic rings. The number of nitrogens with zero attached hydrogens (tertiary/aromatic N) is 3. The first-order chi connectivity index (χ1) is 11.9. The second-order valence-corrected chi connectivity index (χ2v) is 6.56. The molecule has 1 fully saturated rings. The summed E-state index contributed by atoms with van der Waals surface area (Å²) in [4.78, 5) is 14.5. The van der Waals surface area contributed by atoms with Crippen LogP contribution in [0.1, 0.15) is 19.5 Å². The predicted octanol–water partition coefficient (Wildman–Crippen LogP) is 2.37. The van der Waals surface area contributed by atoms with Gasteiger partial charge in [0.25, 0.3) is 0 Å². The van der Waals surface area contributed by atoms with Gasteiger partial charge in [-0.15, -0.1) is 0 Å². The van der Waals surface area contributed by atoms with Gasteiger partial charge >= 0.3 is 0 Å². The first kappa shape index (κ1) is 17.6. The first-order valence-corrected chi connectivity index (χ1v) is 8.41. The summed E-state index contributed by atoms with van der Waals surface area (Å²) in [5, 5.41) is 7.29. The van der Waals surface area contributed by atoms with E-state index in [4.69, 9.17) is 4.74 Å². The summed E-state index contributed by atoms with van der Waals surface area (Å²) in [5.41, 5.74) is 1.46. The number of carbonyl (C=O) groups excluding carboxylic acids is 1. The van der Waals surface area contributed by atoms with E-state index < -0.39 is 0 Å². The summed E-state index contributed by atoms with van der Waals surface area (Å²) in [6, 6.07) is 7.79. The molecule has 1 amide bonds. The Bertz CT molecular complexity index is 734. The van der Waals surface area contributed by atoms with E-state index in [9.17, 15) is 9.18 Å². The molecule has 0 radical (unpaired) electrons. The molecule has 0 aliphatic carbocycles. The lowest BCUT2D eigenvalue weighted by Gasteiger charge is -2.34. The first-order valence-electron chi connectivity index (χ1n) is 8.41. The molecule has 1 aromatic carbocycles. The minimum atomic E-state index is -0.311. The maximum absolute atomic E-state index is 13.1. The van der Waals surface area contributed by atoms with Crippen molar-refractivity contribution in [2.45, 2.75) is 33.0 Å². The number of nitrogens with one attached hydrogen (secondary N) is 1. The molecule has 134 valence electrons. The third kappa shape index (κ3) is 4.43. The average Bonchev–Trinajstić information content (AvgIpc) is 2.87. The van der Waals surface area contributed by atoms with Crippen LogP contribution in [0.25, 0.3) is 5.69 Å². The molecular formula is C18H23FN4O2. The van der Waals surface area contributed by atoms with Crippen LogP contribution >= 0.6 is 0 Å². The molecular weight excluding hydrogens is 323 g/mol. The van der Waals surface area contributed by atoms with Crippen LogP contribution in [0.5, 0.6) is 0 Å². The van der Waals surface area contributed by atoms with Crippen LogP contribution in [0.2, 0.25) is 0 Å². The monoisotopic (exact) mass is 346 g/mol. The maximum atomic E-state index is 13.1. The van der Waals surface area contributed by atoms with E-state index in [1.54, 1.807) is 22.9 Å². The number of morpholine rings is 1. The highest BCUT2D eigenvalue weighted by Gasteiger charge is 2.24. The van der Waals surface area contributed by atoms with Gasteiger partial charge in [0.15, 0.2) is 0 Å². The van der Waals surface area contributed by atoms with Gasteiger partial charge in [-0.05, 0) is 45.0 Å². The number of hydrogen-bond acceptors (Lipinski definition) is 4. The van der Waals surface area contributed by atoms with E-state index in [2.05, 4.69) is 15.3 Å². The van der Waals surface area contributed by atoms with E-state index in [1.165, 1.54) is 12.1 Å². The van der Waals surface area contributed by atoms with Gasteiger partial charge in [-0.1, -0.05) is 0 Å². The number of carbonyl (C=O) groups is 1. The molecule has 7 heteroatoms. The molecule has 0 unspecified atom stereocenters. The van der Waals surface area contributed by atoms with Crippen LogP contribution in [0.4, 0.5) is 10.2 Å². The molecule has 0 bridgehead atoms. The van der Waals surface area contributed by atoms with Gasteiger partial charge in [-0.2, -0.15) is 5.10 Å². The van der Waals surface area contributed by atoms with E-state index in [1.807, 2.05) is 20.8 Å². The van der Waals surface area contributed by atoms with Crippen LogP contribution < -0.4 is 5.32 Å². The SMILES string of the molecule is Cc1cc(NC(=O)CN2C[C@@H](C)O[C@@H](C)C2)n(-c2ccc(F)cc2)n1. The molecule has 2 heterocycles. The van der Waals surface area contributed by atoms with Crippen molar-refractivity contribution in [2.24, 2.45) is 0 Å². The highest BCUT2D eigenvalue weighted by Crippen LogP contribution is 2.18. The maximum Gasteiger partial charge on any atom is 0.239 e. The van der Waals surface area contributed by atoms with Crippen molar-refractivity contribution in [3.63, 3.8) is 0 Å². The topological polar surface area (TPSA) is 59.4 Å². The highest BCUT2D eigenvalue weighted by atomic mass is 19.1. The van der Waals surface area contributed by atoms with Gasteiger partial charge in [-0.3, -0.25) is 9.69 Å². The quantitative estimate of drug-likeness (QED) is 0.923. The zero-order valence-electron chi connectivity index (χ0n) is 14.7. The number of ether oxygens (including phenoxy) is 1. The fourth-order valence-corrected chi connectivity index (χ4v) is 3.17. The Morgan fingerprint density at radius 3 is 2.56 bits per heavy atom. The van der Waals surface area contributed by atoms with Crippen LogP contribution in [0, 0.1) is 12.7 Å². The lowest BCUT2D eigenvalue weighted by molar-refractivity contribution is -0.121. The van der Waals surface area contributed by atoms with E-state index in [0.717, 1.165) is 18.8 Å². The minimum absolute atomic E-state index is 0.107. The average molecular weight is 346 g/mol. The summed E-state index contributed by atoms with van der Waals surface area (Å²) in [6.45, 7) is 7.62. The van der Waals surface area contributed by atoms with Crippen molar-refractivity contribution in [2.75, 3.05) is 25.0 Å². The number of aromatic nitrogens is 2. The number of rotatable bonds is 4. The van der Waals surface area contributed by atoms with Crippen molar-refractivity contribution in [3.8, 4) is 5.69 Å². The van der Waals surface area contributed by atoms with Crippen molar-refractivity contribution < 1.29 is 13.9 Å². The largest absolute Gasteiger partial charge is 0.373 e. The van der Waals surface area contributed by atoms with E-state index >= 15 is 0 Å². The molecule has 1 aliphatic heterocycles. The third-order valence-electron chi connectivity index (χ3n) is 4.03. The summed E-state index contributed by atoms with van der Waals surface area (Å²) in [7, 11) is 0. The molecule has 1 aromatic heterocycles. The molecule has 25 heavy (non-hydrogen) atoms. The molecule has 2 atom stereocenters. The van der Waals surface area contributed by atoms with Crippen molar-refractivity contribution >= 4 is 11.7 Å². The van der Waals surface area contributed by atoms with Gasteiger partial charge in [0, 0.05) is 19.2 Å². The number of aryl methyl sites for hydroxylation is 1. The smallest absolute Gasteiger partial charge is 0.239 e. The Morgan fingerprint density at radius 1 is 1.28 bits per heavy atom. The molecule has 1 saturated heterocycles. The summed E-state index contributed by atoms with van der Waals surface area (Å²) < 4.78 is 20.4. The number of hydrogen-bond donors (Lipinski definition) is 1. The van der Waals surface area contributed by atoms with Gasteiger partial charge < -0.3 is 10.1 Å². The Hall–Kier alpha value is -2.25. The Balaban J connectivity index is 1.70. The Morgan fingerprint density at radius 2 is 1.92 bits per heavy atom. The standard InChI is InChI=1S/C18H23FN4O2/c1-12-8-17(23(21-12)16-6-4-15(19)5-7-16)20-18(24)11-22-9-13(2)25-14(3)10-22/h4-8,13-14H,9-11H2,1-3H3,(H,20,24)/t13-,14+. The lowest BCUT2D eigenvalue weighted by atomic mass is 10.2. The number of anilines is 1. The van der Waals surface area contributed by atoms with Crippen molar-refractivity contribution in [1.82, 2.24) is 14.7 Å². The fraction of sp³-hybridized carbons (Fsp3) is 0.444. The molecule has 6 nitrogen and oxygen atoms in total. The molecule has 0 saturated carbocycles. The van der Waals surface area contributed by atoms with Gasteiger partial charge in [0.05, 0.1) is 30.1 Å². The van der Waals surface area contributed by atoms with Crippen LogP contribution in [0.15, 0.2) is 30.3 Å². The number of benzene rings is 1. The normalized spacial score (nSPS) is 21.3. The molecule has 3 rings (SSSR count). The van der Waals surface area contributed by atoms with Gasteiger partial charge in [0.1, 0.15) is 11.6 Å². The highest BCUT2D eigenvalue weighted by molar-refractivity contribution is 5.91. The Kier molecular flexibility index (Phi) is 5.15. The van der Waals surface area contributed by atoms with Gasteiger partial charge in [-0.25, -0.2) is 9.07 Å². The van der Waals surface area contributed by atoms with Gasteiger partial charge in [0.2, 0.25) is 5.91 Å². The number of halogens is 1. The molecule has 1 N–H and O–H groups in total. The predicted molar refractivity (Wildman–Crippen MR) is 93.3 cm³/mol. The lowest BCUT2D eigenvalue weighted by Crippen LogP contribution is -2.48. The summed E-state index contributed by atoms with van der Waals surface area (Å²) in [6.07, 6.45) is 0.229. The minimum Gasteiger partial charge on any atom is -0.373 e. The van der Waals surface area contributed by atoms with Crippen LogP contribution in [-0.2, 0) is 9.53 Å². The summed E-state index contributed by atoms with van der Waals surface area (Å²) >= 11 is 0. The molecule has 0 spiro atoms. The van der Waals surface area contributed by atoms with E-state index in [0.29, 0.717) is 18.1 Å². The third-order valence-corrected chi connectivity index (χ3v) is 4.03. The Labute approximate surface area is 146 Å². The summed E-state index contributed by atoms with van der Waals surface area (Å²) in [5.74, 6) is 0.154. The van der Waals surface area contributed by atoms with Crippen molar-refractivity contribution in [3.05, 3.63) is 41.8 Å². The zero-order chi connectivity index (χ0) is 18.0.